The molecule has 1 rings (SSSR count). The van der Waals surface area contributed by atoms with Gasteiger partial charge in [0.1, 0.15) is 6.54 Å². The van der Waals surface area contributed by atoms with Gasteiger partial charge in [-0.25, -0.2) is 4.99 Å². The quantitative estimate of drug-likeness (QED) is 0.406. The molecule has 1 aromatic rings. The summed E-state index contributed by atoms with van der Waals surface area (Å²) in [7, 11) is 1.62. The minimum Gasteiger partial charge on any atom is -0.357 e. The largest absolute Gasteiger partial charge is 0.357 e. The van der Waals surface area contributed by atoms with Gasteiger partial charge in [0.15, 0.2) is 5.96 Å². The van der Waals surface area contributed by atoms with Crippen LogP contribution < -0.4 is 21.3 Å². The van der Waals surface area contributed by atoms with Gasteiger partial charge in [-0.15, -0.1) is 0 Å². The third-order valence-corrected chi connectivity index (χ3v) is 3.22. The number of nitrogens with zero attached hydrogens (tertiary/aromatic N) is 1. The minimum atomic E-state index is -0.104. The normalized spacial score (nSPS) is 10.9. The lowest BCUT2D eigenvalue weighted by molar-refractivity contribution is -0.119. The molecule has 0 saturated carbocycles. The van der Waals surface area contributed by atoms with Gasteiger partial charge < -0.3 is 21.3 Å². The number of likely N-dealkylation sites (N-methyl/N-ethyl adjacent to an activating group) is 1. The molecule has 0 aliphatic carbocycles. The highest BCUT2D eigenvalue weighted by Crippen LogP contribution is 2.05. The van der Waals surface area contributed by atoms with E-state index in [0.717, 1.165) is 12.0 Å². The topological polar surface area (TPSA) is 94.6 Å². The molecule has 1 aromatic carbocycles. The molecule has 0 unspecified atom stereocenters. The van der Waals surface area contributed by atoms with E-state index in [-0.39, 0.29) is 18.4 Å². The number of hydrogen-bond acceptors (Lipinski definition) is 3. The Morgan fingerprint density at radius 1 is 1.08 bits per heavy atom. The van der Waals surface area contributed by atoms with Crippen molar-refractivity contribution in [2.45, 2.75) is 20.3 Å². The maximum atomic E-state index is 11.6. The van der Waals surface area contributed by atoms with Crippen molar-refractivity contribution in [3.8, 4) is 0 Å². The maximum Gasteiger partial charge on any atom is 0.251 e. The fraction of sp³-hybridized carbons (Fsp3) is 0.471. The van der Waals surface area contributed by atoms with Gasteiger partial charge in [-0.3, -0.25) is 9.59 Å². The van der Waals surface area contributed by atoms with E-state index in [1.54, 1.807) is 13.1 Å². The van der Waals surface area contributed by atoms with Gasteiger partial charge >= 0.3 is 0 Å². The summed E-state index contributed by atoms with van der Waals surface area (Å²) in [4.78, 5) is 27.3. The molecular formula is C17H27N5O2. The number of aliphatic imine (C=N–C) groups is 1. The van der Waals surface area contributed by atoms with Gasteiger partial charge in [-0.05, 0) is 38.0 Å². The van der Waals surface area contributed by atoms with Crippen molar-refractivity contribution in [3.63, 3.8) is 0 Å². The summed E-state index contributed by atoms with van der Waals surface area (Å²) < 4.78 is 0. The summed E-state index contributed by atoms with van der Waals surface area (Å²) in [5, 5.41) is 11.6. The van der Waals surface area contributed by atoms with Crippen LogP contribution in [-0.4, -0.2) is 51.0 Å². The Kier molecular flexibility index (Phi) is 8.96. The Bertz CT molecular complexity index is 572. The minimum absolute atomic E-state index is 0.0926. The summed E-state index contributed by atoms with van der Waals surface area (Å²) in [6, 6.07) is 7.51. The van der Waals surface area contributed by atoms with E-state index in [2.05, 4.69) is 26.3 Å². The van der Waals surface area contributed by atoms with Crippen LogP contribution >= 0.6 is 0 Å². The van der Waals surface area contributed by atoms with E-state index in [1.807, 2.05) is 32.0 Å². The molecule has 0 aliphatic rings. The summed E-state index contributed by atoms with van der Waals surface area (Å²) in [6.07, 6.45) is 0.746. The highest BCUT2D eigenvalue weighted by Gasteiger charge is 2.04. The molecule has 0 atom stereocenters. The second-order valence-electron chi connectivity index (χ2n) is 5.10. The van der Waals surface area contributed by atoms with E-state index < -0.39 is 0 Å². The summed E-state index contributed by atoms with van der Waals surface area (Å²) in [5.41, 5.74) is 1.70. The molecule has 24 heavy (non-hydrogen) atoms. The van der Waals surface area contributed by atoms with Crippen LogP contribution in [0.15, 0.2) is 29.3 Å². The molecular weight excluding hydrogens is 306 g/mol. The highest BCUT2D eigenvalue weighted by atomic mass is 16.2. The monoisotopic (exact) mass is 333 g/mol. The molecule has 7 nitrogen and oxygen atoms in total. The first kappa shape index (κ1) is 19.5. The van der Waals surface area contributed by atoms with Gasteiger partial charge in [0, 0.05) is 32.2 Å². The Morgan fingerprint density at radius 3 is 2.50 bits per heavy atom. The molecule has 2 amide bonds. The predicted molar refractivity (Wildman–Crippen MR) is 96.2 cm³/mol. The molecule has 4 N–H and O–H groups in total. The van der Waals surface area contributed by atoms with Gasteiger partial charge in [-0.1, -0.05) is 12.1 Å². The first-order chi connectivity index (χ1) is 11.6. The Morgan fingerprint density at radius 2 is 1.83 bits per heavy atom. The number of guanidine groups is 1. The predicted octanol–water partition coefficient (Wildman–Crippen LogP) is 0.280. The average molecular weight is 333 g/mol. The number of carbonyl (C=O) groups is 2. The molecule has 0 radical (unpaired) electrons. The van der Waals surface area contributed by atoms with Crippen molar-refractivity contribution in [2.75, 3.05) is 33.2 Å². The summed E-state index contributed by atoms with van der Waals surface area (Å²) >= 11 is 0. The fourth-order valence-corrected chi connectivity index (χ4v) is 2.08. The molecule has 0 bridgehead atoms. The summed E-state index contributed by atoms with van der Waals surface area (Å²) in [5.74, 6) is 0.404. The first-order valence-electron chi connectivity index (χ1n) is 8.20. The van der Waals surface area contributed by atoms with Crippen LogP contribution in [0.5, 0.6) is 0 Å². The standard InChI is InChI=1S/C17H27N5O2/c1-4-19-15(23)12-22-17(20-5-2)21-10-9-13-7-6-8-14(11-13)16(24)18-3/h6-8,11H,4-5,9-10,12H2,1-3H3,(H,18,24)(H,19,23)(H2,20,21,22). The fourth-order valence-electron chi connectivity index (χ4n) is 2.08. The van der Waals surface area contributed by atoms with E-state index in [4.69, 9.17) is 0 Å². The lowest BCUT2D eigenvalue weighted by Gasteiger charge is -2.11. The van der Waals surface area contributed by atoms with Crippen LogP contribution in [-0.2, 0) is 11.2 Å². The molecule has 0 saturated heterocycles. The zero-order valence-electron chi connectivity index (χ0n) is 14.6. The number of hydrogen-bond donors (Lipinski definition) is 4. The average Bonchev–Trinajstić information content (AvgIpc) is 2.59. The number of benzene rings is 1. The second kappa shape index (κ2) is 11.0. The SMILES string of the molecule is CCNC(=O)CN=C(NCC)NCCc1cccc(C(=O)NC)c1. The van der Waals surface area contributed by atoms with Crippen molar-refractivity contribution in [3.05, 3.63) is 35.4 Å². The third-order valence-electron chi connectivity index (χ3n) is 3.22. The van der Waals surface area contributed by atoms with Gasteiger partial charge in [0.25, 0.3) is 5.91 Å². The van der Waals surface area contributed by atoms with Crippen LogP contribution in [0.2, 0.25) is 0 Å². The van der Waals surface area contributed by atoms with Crippen LogP contribution in [0.4, 0.5) is 0 Å². The highest BCUT2D eigenvalue weighted by molar-refractivity contribution is 5.94. The zero-order valence-corrected chi connectivity index (χ0v) is 14.6. The summed E-state index contributed by atoms with van der Waals surface area (Å²) in [6.45, 7) is 5.90. The number of nitrogens with one attached hydrogen (secondary N) is 4. The van der Waals surface area contributed by atoms with Crippen molar-refractivity contribution in [2.24, 2.45) is 4.99 Å². The Balaban J connectivity index is 2.54. The number of amides is 2. The van der Waals surface area contributed by atoms with E-state index in [0.29, 0.717) is 31.2 Å². The number of rotatable bonds is 8. The van der Waals surface area contributed by atoms with E-state index in [1.165, 1.54) is 0 Å². The zero-order chi connectivity index (χ0) is 17.8. The van der Waals surface area contributed by atoms with Crippen LogP contribution in [0.1, 0.15) is 29.8 Å². The third kappa shape index (κ3) is 7.13. The molecule has 7 heteroatoms. The van der Waals surface area contributed by atoms with E-state index in [9.17, 15) is 9.59 Å². The maximum absolute atomic E-state index is 11.6. The molecule has 132 valence electrons. The second-order valence-corrected chi connectivity index (χ2v) is 5.10. The number of carbonyl (C=O) groups excluding carboxylic acids is 2. The van der Waals surface area contributed by atoms with Gasteiger partial charge in [-0.2, -0.15) is 0 Å². The van der Waals surface area contributed by atoms with Crippen LogP contribution in [0.25, 0.3) is 0 Å². The van der Waals surface area contributed by atoms with Crippen molar-refractivity contribution in [1.82, 2.24) is 21.3 Å². The van der Waals surface area contributed by atoms with E-state index >= 15 is 0 Å². The van der Waals surface area contributed by atoms with Crippen LogP contribution in [0, 0.1) is 0 Å². The van der Waals surface area contributed by atoms with Gasteiger partial charge in [0.2, 0.25) is 5.91 Å². The van der Waals surface area contributed by atoms with Crippen molar-refractivity contribution < 1.29 is 9.59 Å². The molecule has 0 heterocycles. The lowest BCUT2D eigenvalue weighted by Crippen LogP contribution is -2.39. The Labute approximate surface area is 143 Å². The van der Waals surface area contributed by atoms with Crippen LogP contribution in [0.3, 0.4) is 0 Å². The molecule has 0 aliphatic heterocycles. The van der Waals surface area contributed by atoms with Crippen molar-refractivity contribution >= 4 is 17.8 Å². The molecule has 0 fully saturated rings. The Hall–Kier alpha value is -2.57. The first-order valence-corrected chi connectivity index (χ1v) is 8.20. The van der Waals surface area contributed by atoms with Crippen molar-refractivity contribution in [1.29, 1.82) is 0 Å². The lowest BCUT2D eigenvalue weighted by atomic mass is 10.1. The molecule has 0 spiro atoms. The van der Waals surface area contributed by atoms with Gasteiger partial charge in [0.05, 0.1) is 0 Å². The molecule has 0 aromatic heterocycles. The smallest absolute Gasteiger partial charge is 0.251 e.